The van der Waals surface area contributed by atoms with Crippen molar-refractivity contribution in [1.29, 1.82) is 0 Å². The minimum absolute atomic E-state index is 0.0758. The van der Waals surface area contributed by atoms with Crippen LogP contribution in [0.15, 0.2) is 18.2 Å². The quantitative estimate of drug-likeness (QED) is 0.651. The summed E-state index contributed by atoms with van der Waals surface area (Å²) in [5, 5.41) is 3.20. The Kier molecular flexibility index (Phi) is 4.26. The van der Waals surface area contributed by atoms with E-state index in [1.165, 1.54) is 5.32 Å². The van der Waals surface area contributed by atoms with Crippen molar-refractivity contribution in [1.82, 2.24) is 5.32 Å². The highest BCUT2D eigenvalue weighted by molar-refractivity contribution is 5.95. The van der Waals surface area contributed by atoms with Crippen molar-refractivity contribution in [2.75, 3.05) is 5.32 Å². The first-order valence-electron chi connectivity index (χ1n) is 4.84. The topological polar surface area (TPSA) is 58.2 Å². The minimum Gasteiger partial charge on any atom is -0.308 e. The molecule has 0 saturated heterocycles. The van der Waals surface area contributed by atoms with Gasteiger partial charge in [0.1, 0.15) is 0 Å². The summed E-state index contributed by atoms with van der Waals surface area (Å²) >= 11 is 0. The summed E-state index contributed by atoms with van der Waals surface area (Å²) in [6, 6.07) is -0.699. The molecule has 10 heteroatoms. The van der Waals surface area contributed by atoms with Gasteiger partial charge in [0.2, 0.25) is 6.41 Å². The lowest BCUT2D eigenvalue weighted by molar-refractivity contribution is -0.143. The molecular weight excluding hydrogens is 294 g/mol. The lowest BCUT2D eigenvalue weighted by atomic mass is 10.1. The van der Waals surface area contributed by atoms with Crippen molar-refractivity contribution >= 4 is 18.1 Å². The Morgan fingerprint density at radius 1 is 0.950 bits per heavy atom. The number of imide groups is 1. The Morgan fingerprint density at radius 2 is 1.40 bits per heavy atom. The summed E-state index contributed by atoms with van der Waals surface area (Å²) in [6.45, 7) is 0. The van der Waals surface area contributed by atoms with E-state index in [4.69, 9.17) is 0 Å². The highest BCUT2D eigenvalue weighted by Crippen LogP contribution is 2.37. The van der Waals surface area contributed by atoms with E-state index in [0.29, 0.717) is 12.1 Å². The second kappa shape index (κ2) is 5.39. The van der Waals surface area contributed by atoms with Crippen molar-refractivity contribution in [3.63, 3.8) is 0 Å². The molecule has 0 saturated carbocycles. The zero-order valence-corrected chi connectivity index (χ0v) is 9.39. The van der Waals surface area contributed by atoms with E-state index in [9.17, 15) is 35.9 Å². The molecule has 0 aliphatic heterocycles. The number of benzene rings is 1. The number of rotatable bonds is 2. The van der Waals surface area contributed by atoms with Crippen molar-refractivity contribution in [3.8, 4) is 0 Å². The lowest BCUT2D eigenvalue weighted by Crippen LogP contribution is -2.27. The molecule has 110 valence electrons. The molecule has 0 radical (unpaired) electrons. The number of carbonyl (C=O) groups is 2. The zero-order chi connectivity index (χ0) is 15.6. The van der Waals surface area contributed by atoms with Crippen LogP contribution in [-0.2, 0) is 17.1 Å². The highest BCUT2D eigenvalue weighted by atomic mass is 19.4. The molecule has 0 aromatic heterocycles. The van der Waals surface area contributed by atoms with E-state index in [1.807, 2.05) is 0 Å². The van der Waals surface area contributed by atoms with Crippen LogP contribution in [0.3, 0.4) is 0 Å². The molecule has 1 aromatic rings. The highest BCUT2D eigenvalue weighted by Gasteiger charge is 2.37. The first-order chi connectivity index (χ1) is 9.04. The van der Waals surface area contributed by atoms with Gasteiger partial charge in [0.05, 0.1) is 11.1 Å². The van der Waals surface area contributed by atoms with Gasteiger partial charge in [0, 0.05) is 5.69 Å². The summed E-state index contributed by atoms with van der Waals surface area (Å²) < 4.78 is 74.8. The van der Waals surface area contributed by atoms with Gasteiger partial charge in [-0.3, -0.25) is 10.1 Å². The maximum absolute atomic E-state index is 12.5. The van der Waals surface area contributed by atoms with Gasteiger partial charge >= 0.3 is 18.4 Å². The fraction of sp³-hybridized carbons (Fsp3) is 0.200. The van der Waals surface area contributed by atoms with Gasteiger partial charge in [-0.1, -0.05) is 0 Å². The molecule has 0 heterocycles. The predicted octanol–water partition coefficient (Wildman–Crippen LogP) is 3.00. The molecule has 2 N–H and O–H groups in total. The second-order valence-electron chi connectivity index (χ2n) is 3.51. The molecule has 4 nitrogen and oxygen atoms in total. The number of anilines is 1. The van der Waals surface area contributed by atoms with E-state index in [-0.39, 0.29) is 12.5 Å². The molecule has 20 heavy (non-hydrogen) atoms. The number of nitrogens with one attached hydrogen (secondary N) is 2. The number of urea groups is 1. The van der Waals surface area contributed by atoms with Crippen LogP contribution in [0.5, 0.6) is 0 Å². The lowest BCUT2D eigenvalue weighted by Gasteiger charge is -2.14. The number of amides is 3. The molecular formula is C10H6F6N2O2. The van der Waals surface area contributed by atoms with Crippen LogP contribution in [0.2, 0.25) is 0 Å². The summed E-state index contributed by atoms with van der Waals surface area (Å²) in [7, 11) is 0. The van der Waals surface area contributed by atoms with Crippen molar-refractivity contribution in [3.05, 3.63) is 29.3 Å². The van der Waals surface area contributed by atoms with Gasteiger partial charge in [-0.2, -0.15) is 26.3 Å². The normalized spacial score (nSPS) is 11.9. The largest absolute Gasteiger partial charge is 0.416 e. The average molecular weight is 300 g/mol. The molecule has 0 aliphatic carbocycles. The molecule has 0 unspecified atom stereocenters. The van der Waals surface area contributed by atoms with Gasteiger partial charge in [-0.15, -0.1) is 0 Å². The van der Waals surface area contributed by atoms with Gasteiger partial charge in [0.15, 0.2) is 0 Å². The third kappa shape index (κ3) is 4.14. The number of alkyl halides is 6. The van der Waals surface area contributed by atoms with Crippen LogP contribution in [-0.4, -0.2) is 12.4 Å². The van der Waals surface area contributed by atoms with Gasteiger partial charge in [0.25, 0.3) is 0 Å². The molecule has 0 aliphatic rings. The van der Waals surface area contributed by atoms with Gasteiger partial charge in [-0.05, 0) is 18.2 Å². The van der Waals surface area contributed by atoms with Crippen LogP contribution >= 0.6 is 0 Å². The van der Waals surface area contributed by atoms with Gasteiger partial charge in [-0.25, -0.2) is 4.79 Å². The summed E-state index contributed by atoms with van der Waals surface area (Å²) in [5.41, 5.74) is -3.89. The van der Waals surface area contributed by atoms with E-state index in [0.717, 1.165) is 0 Å². The van der Waals surface area contributed by atoms with Crippen molar-refractivity contribution in [2.45, 2.75) is 12.4 Å². The Hall–Kier alpha value is -2.26. The van der Waals surface area contributed by atoms with Gasteiger partial charge < -0.3 is 5.32 Å². The van der Waals surface area contributed by atoms with Crippen LogP contribution in [0.25, 0.3) is 0 Å². The number of hydrogen-bond donors (Lipinski definition) is 2. The summed E-state index contributed by atoms with van der Waals surface area (Å²) in [4.78, 5) is 20.8. The van der Waals surface area contributed by atoms with E-state index < -0.39 is 35.2 Å². The van der Waals surface area contributed by atoms with Crippen LogP contribution in [0.4, 0.5) is 36.8 Å². The standard InChI is InChI=1S/C10H6F6N2O2/c11-9(12,13)5-1-6(10(14,15)16)3-7(2-5)18-8(20)17-4-19/h1-4H,(H2,17,18,19,20). The smallest absolute Gasteiger partial charge is 0.308 e. The molecule has 0 fully saturated rings. The zero-order valence-electron chi connectivity index (χ0n) is 9.39. The third-order valence-corrected chi connectivity index (χ3v) is 2.04. The minimum atomic E-state index is -5.02. The number of hydrogen-bond acceptors (Lipinski definition) is 2. The SMILES string of the molecule is O=CNC(=O)Nc1cc(C(F)(F)F)cc(C(F)(F)F)c1. The fourth-order valence-electron chi connectivity index (χ4n) is 1.25. The third-order valence-electron chi connectivity index (χ3n) is 2.04. The molecule has 3 amide bonds. The second-order valence-corrected chi connectivity index (χ2v) is 3.51. The monoisotopic (exact) mass is 300 g/mol. The number of halogens is 6. The van der Waals surface area contributed by atoms with E-state index in [2.05, 4.69) is 0 Å². The van der Waals surface area contributed by atoms with Crippen LogP contribution in [0.1, 0.15) is 11.1 Å². The van der Waals surface area contributed by atoms with Crippen molar-refractivity contribution < 1.29 is 35.9 Å². The van der Waals surface area contributed by atoms with E-state index in [1.54, 1.807) is 5.32 Å². The maximum atomic E-state index is 12.5. The van der Waals surface area contributed by atoms with E-state index >= 15 is 0 Å². The van der Waals surface area contributed by atoms with Crippen molar-refractivity contribution in [2.24, 2.45) is 0 Å². The fourth-order valence-corrected chi connectivity index (χ4v) is 1.25. The Morgan fingerprint density at radius 3 is 1.75 bits per heavy atom. The molecule has 1 aromatic carbocycles. The van der Waals surface area contributed by atoms with Crippen LogP contribution < -0.4 is 10.6 Å². The Balaban J connectivity index is 3.24. The first-order valence-corrected chi connectivity index (χ1v) is 4.84. The molecule has 0 spiro atoms. The summed E-state index contributed by atoms with van der Waals surface area (Å²) in [5.74, 6) is 0. The predicted molar refractivity (Wildman–Crippen MR) is 54.7 cm³/mol. The van der Waals surface area contributed by atoms with Crippen LogP contribution in [0, 0.1) is 0 Å². The Labute approximate surface area is 107 Å². The Bertz CT molecular complexity index is 491. The molecule has 1 rings (SSSR count). The molecule has 0 atom stereocenters. The average Bonchev–Trinajstić information content (AvgIpc) is 2.26. The molecule has 0 bridgehead atoms. The number of carbonyl (C=O) groups excluding carboxylic acids is 2. The maximum Gasteiger partial charge on any atom is 0.416 e. The first kappa shape index (κ1) is 15.8. The summed E-state index contributed by atoms with van der Waals surface area (Å²) in [6.07, 6.45) is -10.1.